The Morgan fingerprint density at radius 1 is 1.23 bits per heavy atom. The first-order valence-corrected chi connectivity index (χ1v) is 5.42. The third-order valence-electron chi connectivity index (χ3n) is 1.56. The number of alkyl halides is 2. The maximum atomic E-state index is 10.4. The van der Waals surface area contributed by atoms with Crippen LogP contribution in [-0.4, -0.2) is 9.87 Å². The van der Waals surface area contributed by atoms with Crippen LogP contribution >= 0.6 is 31.9 Å². The van der Waals surface area contributed by atoms with Crippen LogP contribution in [0.5, 0.6) is 0 Å². The minimum absolute atomic E-state index is 0.302. The van der Waals surface area contributed by atoms with Gasteiger partial charge in [0.25, 0.3) is 4.95 Å². The Hall–Kier alpha value is -0.420. The number of halogens is 2. The van der Waals surface area contributed by atoms with Gasteiger partial charge in [-0.25, -0.2) is 0 Å². The van der Waals surface area contributed by atoms with Crippen molar-refractivity contribution in [3.05, 3.63) is 46.0 Å². The van der Waals surface area contributed by atoms with E-state index in [0.717, 1.165) is 5.56 Å². The van der Waals surface area contributed by atoms with Crippen LogP contribution in [0.4, 0.5) is 0 Å². The van der Waals surface area contributed by atoms with Crippen LogP contribution in [0, 0.1) is 10.1 Å². The molecule has 0 aliphatic heterocycles. The number of benzene rings is 1. The van der Waals surface area contributed by atoms with Crippen molar-refractivity contribution in [2.24, 2.45) is 0 Å². The smallest absolute Gasteiger partial charge is 0.263 e. The van der Waals surface area contributed by atoms with Crippen molar-refractivity contribution >= 4 is 31.9 Å². The van der Waals surface area contributed by atoms with Gasteiger partial charge in [0.2, 0.25) is 0 Å². The first-order valence-electron chi connectivity index (χ1n) is 3.59. The van der Waals surface area contributed by atoms with Crippen molar-refractivity contribution in [2.45, 2.75) is 9.78 Å². The molecule has 0 saturated carbocycles. The highest BCUT2D eigenvalue weighted by molar-refractivity contribution is 9.12. The van der Waals surface area contributed by atoms with Gasteiger partial charge in [-0.1, -0.05) is 46.3 Å². The number of hydrogen-bond acceptors (Lipinski definition) is 2. The second kappa shape index (κ2) is 4.72. The van der Waals surface area contributed by atoms with Crippen molar-refractivity contribution in [3.63, 3.8) is 0 Å². The van der Waals surface area contributed by atoms with E-state index < -0.39 is 4.95 Å². The lowest BCUT2D eigenvalue weighted by Crippen LogP contribution is -2.16. The second-order valence-electron chi connectivity index (χ2n) is 2.47. The summed E-state index contributed by atoms with van der Waals surface area (Å²) in [5.74, 6) is 0. The molecule has 0 aliphatic rings. The summed E-state index contributed by atoms with van der Waals surface area (Å²) < 4.78 is 0. The van der Waals surface area contributed by atoms with Gasteiger partial charge in [-0.15, -0.1) is 0 Å². The molecule has 13 heavy (non-hydrogen) atoms. The minimum atomic E-state index is -0.796. The summed E-state index contributed by atoms with van der Waals surface area (Å²) in [5, 5.41) is 10.4. The lowest BCUT2D eigenvalue weighted by Gasteiger charge is -2.09. The highest BCUT2D eigenvalue weighted by Crippen LogP contribution is 2.30. The van der Waals surface area contributed by atoms with Gasteiger partial charge < -0.3 is 0 Å². The van der Waals surface area contributed by atoms with E-state index in [1.54, 1.807) is 0 Å². The van der Waals surface area contributed by atoms with Gasteiger partial charge >= 0.3 is 0 Å². The van der Waals surface area contributed by atoms with E-state index in [4.69, 9.17) is 0 Å². The van der Waals surface area contributed by atoms with Crippen molar-refractivity contribution in [1.29, 1.82) is 0 Å². The molecule has 2 atom stereocenters. The highest BCUT2D eigenvalue weighted by atomic mass is 79.9. The third-order valence-corrected chi connectivity index (χ3v) is 4.16. The van der Waals surface area contributed by atoms with E-state index in [1.165, 1.54) is 0 Å². The predicted molar refractivity (Wildman–Crippen MR) is 57.8 cm³/mol. The molecule has 0 fully saturated rings. The van der Waals surface area contributed by atoms with Crippen molar-refractivity contribution in [1.82, 2.24) is 0 Å². The molecule has 0 heterocycles. The van der Waals surface area contributed by atoms with Gasteiger partial charge in [0.15, 0.2) is 0 Å². The van der Waals surface area contributed by atoms with Crippen LogP contribution in [0.1, 0.15) is 10.4 Å². The average Bonchev–Trinajstić information content (AvgIpc) is 2.17. The summed E-state index contributed by atoms with van der Waals surface area (Å²) in [4.78, 5) is 8.98. The summed E-state index contributed by atoms with van der Waals surface area (Å²) in [6.45, 7) is 0. The van der Waals surface area contributed by atoms with Gasteiger partial charge in [-0.05, 0) is 21.5 Å². The van der Waals surface area contributed by atoms with Crippen LogP contribution < -0.4 is 0 Å². The van der Waals surface area contributed by atoms with Gasteiger partial charge in [0.05, 0.1) is 0 Å². The Morgan fingerprint density at radius 3 is 2.23 bits per heavy atom. The van der Waals surface area contributed by atoms with Gasteiger partial charge in [0.1, 0.15) is 4.83 Å². The van der Waals surface area contributed by atoms with E-state index in [-0.39, 0.29) is 9.75 Å². The summed E-state index contributed by atoms with van der Waals surface area (Å²) in [5.41, 5.74) is 0.890. The molecule has 0 unspecified atom stereocenters. The SMILES string of the molecule is O=[N+]([O-])[C@@H](Br)[C@@H](Br)c1ccccc1. The Kier molecular flexibility index (Phi) is 3.87. The maximum Gasteiger partial charge on any atom is 0.282 e. The van der Waals surface area contributed by atoms with Crippen LogP contribution in [0.3, 0.4) is 0 Å². The summed E-state index contributed by atoms with van der Waals surface area (Å²) in [6.07, 6.45) is 0. The third kappa shape index (κ3) is 2.77. The number of nitrogens with zero attached hydrogens (tertiary/aromatic N) is 1. The number of nitro groups is 1. The summed E-state index contributed by atoms with van der Waals surface area (Å²) in [6, 6.07) is 9.26. The molecule has 0 bridgehead atoms. The second-order valence-corrected chi connectivity index (χ2v) is 4.40. The Balaban J connectivity index is 2.79. The molecule has 0 saturated heterocycles. The fourth-order valence-electron chi connectivity index (χ4n) is 0.903. The summed E-state index contributed by atoms with van der Waals surface area (Å²) >= 11 is 6.26. The van der Waals surface area contributed by atoms with Gasteiger partial charge in [-0.2, -0.15) is 0 Å². The Bertz CT molecular complexity index is 291. The van der Waals surface area contributed by atoms with E-state index in [2.05, 4.69) is 31.9 Å². The summed E-state index contributed by atoms with van der Waals surface area (Å²) in [7, 11) is 0. The number of rotatable bonds is 3. The monoisotopic (exact) mass is 307 g/mol. The van der Waals surface area contributed by atoms with E-state index >= 15 is 0 Å². The molecule has 3 nitrogen and oxygen atoms in total. The maximum absolute atomic E-state index is 10.4. The topological polar surface area (TPSA) is 43.1 Å². The molecule has 0 radical (unpaired) electrons. The lowest BCUT2D eigenvalue weighted by molar-refractivity contribution is -0.492. The standard InChI is InChI=1S/C8H7Br2NO2/c9-7(8(10)11(12)13)6-4-2-1-3-5-6/h1-5,7-8H/t7-,8+/m0/s1. The zero-order valence-corrected chi connectivity index (χ0v) is 9.73. The highest BCUT2D eigenvalue weighted by Gasteiger charge is 2.26. The molecule has 0 aromatic heterocycles. The van der Waals surface area contributed by atoms with E-state index in [1.807, 2.05) is 30.3 Å². The predicted octanol–water partition coefficient (Wildman–Crippen LogP) is 3.12. The zero-order valence-electron chi connectivity index (χ0n) is 6.56. The minimum Gasteiger partial charge on any atom is -0.263 e. The average molecular weight is 309 g/mol. The molecule has 0 amide bonds. The molecular weight excluding hydrogens is 302 g/mol. The van der Waals surface area contributed by atoms with Crippen molar-refractivity contribution < 1.29 is 4.92 Å². The molecule has 0 spiro atoms. The van der Waals surface area contributed by atoms with Gasteiger partial charge in [-0.3, -0.25) is 10.1 Å². The van der Waals surface area contributed by atoms with Crippen LogP contribution in [-0.2, 0) is 0 Å². The van der Waals surface area contributed by atoms with Crippen LogP contribution in [0.25, 0.3) is 0 Å². The molecule has 0 N–H and O–H groups in total. The first-order chi connectivity index (χ1) is 6.13. The molecule has 1 aromatic carbocycles. The number of hydrogen-bond donors (Lipinski definition) is 0. The molecule has 5 heteroatoms. The Labute approximate surface area is 92.5 Å². The zero-order chi connectivity index (χ0) is 9.84. The lowest BCUT2D eigenvalue weighted by atomic mass is 10.1. The quantitative estimate of drug-likeness (QED) is 0.373. The van der Waals surface area contributed by atoms with Crippen molar-refractivity contribution in [2.75, 3.05) is 0 Å². The first kappa shape index (κ1) is 10.7. The van der Waals surface area contributed by atoms with Crippen LogP contribution in [0.2, 0.25) is 0 Å². The van der Waals surface area contributed by atoms with Gasteiger partial charge in [0, 0.05) is 4.92 Å². The normalized spacial score (nSPS) is 14.9. The molecule has 1 aromatic rings. The van der Waals surface area contributed by atoms with Crippen LogP contribution in [0.15, 0.2) is 30.3 Å². The fourth-order valence-corrected chi connectivity index (χ4v) is 1.71. The van der Waals surface area contributed by atoms with Crippen molar-refractivity contribution in [3.8, 4) is 0 Å². The Morgan fingerprint density at radius 2 is 1.77 bits per heavy atom. The largest absolute Gasteiger partial charge is 0.282 e. The van der Waals surface area contributed by atoms with E-state index in [9.17, 15) is 10.1 Å². The fraction of sp³-hybridized carbons (Fsp3) is 0.250. The molecular formula is C8H7Br2NO2. The molecule has 0 aliphatic carbocycles. The molecule has 70 valence electrons. The molecule has 1 rings (SSSR count). The van der Waals surface area contributed by atoms with E-state index in [0.29, 0.717) is 0 Å².